The van der Waals surface area contributed by atoms with Crippen LogP contribution in [0.1, 0.15) is 90.4 Å². The smallest absolute Gasteiger partial charge is 0.311 e. The van der Waals surface area contributed by atoms with Gasteiger partial charge in [-0.15, -0.1) is 0 Å². The van der Waals surface area contributed by atoms with Crippen LogP contribution in [0.15, 0.2) is 30.3 Å². The molecule has 1 aromatic rings. The Morgan fingerprint density at radius 3 is 1.89 bits per heavy atom. The van der Waals surface area contributed by atoms with E-state index in [2.05, 4.69) is 6.92 Å². The van der Waals surface area contributed by atoms with Crippen molar-refractivity contribution in [3.8, 4) is 5.75 Å². The van der Waals surface area contributed by atoms with Crippen molar-refractivity contribution >= 4 is 11.9 Å². The molecule has 0 aliphatic rings. The molecule has 0 aliphatic heterocycles. The summed E-state index contributed by atoms with van der Waals surface area (Å²) in [5, 5.41) is 0. The van der Waals surface area contributed by atoms with E-state index in [4.69, 9.17) is 9.47 Å². The number of carbonyl (C=O) groups is 2. The summed E-state index contributed by atoms with van der Waals surface area (Å²) in [7, 11) is 0. The van der Waals surface area contributed by atoms with Crippen LogP contribution in [0.25, 0.3) is 0 Å². The fourth-order valence-corrected chi connectivity index (χ4v) is 2.88. The number of hydrogen-bond donors (Lipinski definition) is 0. The van der Waals surface area contributed by atoms with Crippen molar-refractivity contribution in [3.05, 3.63) is 30.3 Å². The monoisotopic (exact) mass is 376 g/mol. The van der Waals surface area contributed by atoms with Crippen LogP contribution in [0.3, 0.4) is 0 Å². The first-order valence-corrected chi connectivity index (χ1v) is 10.6. The number of esters is 2. The molecule has 0 bridgehead atoms. The van der Waals surface area contributed by atoms with Crippen molar-refractivity contribution in [2.24, 2.45) is 0 Å². The molecule has 0 saturated heterocycles. The maximum absolute atomic E-state index is 11.7. The van der Waals surface area contributed by atoms with E-state index in [1.807, 2.05) is 18.2 Å². The molecule has 0 N–H and O–H groups in total. The molecule has 152 valence electrons. The summed E-state index contributed by atoms with van der Waals surface area (Å²) in [5.74, 6) is 0.137. The quantitative estimate of drug-likeness (QED) is 0.195. The molecule has 27 heavy (non-hydrogen) atoms. The highest BCUT2D eigenvalue weighted by Crippen LogP contribution is 2.12. The van der Waals surface area contributed by atoms with Gasteiger partial charge in [0.25, 0.3) is 0 Å². The average Bonchev–Trinajstić information content (AvgIpc) is 2.67. The van der Waals surface area contributed by atoms with Gasteiger partial charge in [0.1, 0.15) is 5.75 Å². The molecule has 0 heterocycles. The lowest BCUT2D eigenvalue weighted by molar-refractivity contribution is -0.144. The third kappa shape index (κ3) is 14.0. The van der Waals surface area contributed by atoms with Gasteiger partial charge in [0.05, 0.1) is 6.61 Å². The molecular weight excluding hydrogens is 340 g/mol. The lowest BCUT2D eigenvalue weighted by Crippen LogP contribution is -2.09. The molecule has 0 fully saturated rings. The van der Waals surface area contributed by atoms with Crippen molar-refractivity contribution < 1.29 is 19.1 Å². The fraction of sp³-hybridized carbons (Fsp3) is 0.652. The molecule has 0 atom stereocenters. The Kier molecular flexibility index (Phi) is 14.0. The third-order valence-electron chi connectivity index (χ3n) is 4.50. The van der Waals surface area contributed by atoms with Crippen LogP contribution in [-0.4, -0.2) is 18.5 Å². The Hall–Kier alpha value is -1.84. The van der Waals surface area contributed by atoms with Crippen LogP contribution in [0, 0.1) is 0 Å². The van der Waals surface area contributed by atoms with E-state index in [1.165, 1.54) is 44.9 Å². The molecule has 0 spiro atoms. The normalized spacial score (nSPS) is 10.6. The molecule has 4 nitrogen and oxygen atoms in total. The van der Waals surface area contributed by atoms with Crippen molar-refractivity contribution in [2.75, 3.05) is 6.61 Å². The zero-order valence-corrected chi connectivity index (χ0v) is 16.9. The average molecular weight is 377 g/mol. The number of benzene rings is 1. The summed E-state index contributed by atoms with van der Waals surface area (Å²) in [6.45, 7) is 2.76. The van der Waals surface area contributed by atoms with Gasteiger partial charge in [0, 0.05) is 12.8 Å². The van der Waals surface area contributed by atoms with E-state index < -0.39 is 0 Å². The van der Waals surface area contributed by atoms with E-state index in [0.717, 1.165) is 12.8 Å². The largest absolute Gasteiger partial charge is 0.466 e. The lowest BCUT2D eigenvalue weighted by atomic mass is 10.1. The summed E-state index contributed by atoms with van der Waals surface area (Å²) in [4.78, 5) is 23.4. The molecule has 0 radical (unpaired) electrons. The highest BCUT2D eigenvalue weighted by atomic mass is 16.5. The summed E-state index contributed by atoms with van der Waals surface area (Å²) < 4.78 is 10.5. The van der Waals surface area contributed by atoms with Crippen LogP contribution >= 0.6 is 0 Å². The Labute approximate surface area is 164 Å². The highest BCUT2D eigenvalue weighted by molar-refractivity contribution is 5.72. The fourth-order valence-electron chi connectivity index (χ4n) is 2.88. The number of unbranched alkanes of at least 4 members (excludes halogenated alkanes) is 9. The van der Waals surface area contributed by atoms with Gasteiger partial charge < -0.3 is 9.47 Å². The molecule has 1 aromatic carbocycles. The van der Waals surface area contributed by atoms with Crippen LogP contribution in [-0.2, 0) is 14.3 Å². The minimum Gasteiger partial charge on any atom is -0.466 e. The van der Waals surface area contributed by atoms with Crippen LogP contribution in [0.4, 0.5) is 0 Å². The Balaban J connectivity index is 1.88. The molecule has 0 aromatic heterocycles. The second kappa shape index (κ2) is 16.3. The predicted molar refractivity (Wildman–Crippen MR) is 109 cm³/mol. The summed E-state index contributed by atoms with van der Waals surface area (Å²) in [5.41, 5.74) is 0. The van der Waals surface area contributed by atoms with Gasteiger partial charge in [-0.25, -0.2) is 0 Å². The molecule has 0 aliphatic carbocycles. The topological polar surface area (TPSA) is 52.6 Å². The first-order chi connectivity index (χ1) is 13.2. The minimum atomic E-state index is -0.260. The van der Waals surface area contributed by atoms with Gasteiger partial charge in [0.15, 0.2) is 0 Å². The Bertz CT molecular complexity index is 498. The van der Waals surface area contributed by atoms with Crippen molar-refractivity contribution in [3.63, 3.8) is 0 Å². The number of ether oxygens (including phenoxy) is 2. The zero-order chi connectivity index (χ0) is 19.6. The van der Waals surface area contributed by atoms with Crippen LogP contribution in [0.5, 0.6) is 5.75 Å². The molecule has 1 rings (SSSR count). The molecular formula is C23H36O4. The zero-order valence-electron chi connectivity index (χ0n) is 16.9. The maximum atomic E-state index is 11.7. The lowest BCUT2D eigenvalue weighted by Gasteiger charge is -2.06. The van der Waals surface area contributed by atoms with E-state index in [-0.39, 0.29) is 11.9 Å². The van der Waals surface area contributed by atoms with Gasteiger partial charge in [-0.05, 0) is 31.4 Å². The number of hydrogen-bond acceptors (Lipinski definition) is 4. The Morgan fingerprint density at radius 2 is 1.26 bits per heavy atom. The van der Waals surface area contributed by atoms with E-state index >= 15 is 0 Å². The standard InChI is InChI=1S/C23H36O4/c1-2-3-4-5-6-7-8-9-15-20-26-22(24)18-13-14-19-23(25)27-21-16-11-10-12-17-21/h10-12,16-17H,2-9,13-15,18-20H2,1H3. The molecule has 0 amide bonds. The van der Waals surface area contributed by atoms with Gasteiger partial charge in [-0.2, -0.15) is 0 Å². The minimum absolute atomic E-state index is 0.161. The van der Waals surface area contributed by atoms with E-state index in [9.17, 15) is 9.59 Å². The number of rotatable bonds is 16. The predicted octanol–water partition coefficient (Wildman–Crippen LogP) is 6.23. The van der Waals surface area contributed by atoms with Gasteiger partial charge in [0.2, 0.25) is 0 Å². The van der Waals surface area contributed by atoms with E-state index in [0.29, 0.717) is 38.0 Å². The van der Waals surface area contributed by atoms with Gasteiger partial charge in [-0.1, -0.05) is 76.5 Å². The van der Waals surface area contributed by atoms with Crippen molar-refractivity contribution in [2.45, 2.75) is 90.4 Å². The maximum Gasteiger partial charge on any atom is 0.311 e. The summed E-state index contributed by atoms with van der Waals surface area (Å²) in [6, 6.07) is 9.03. The highest BCUT2D eigenvalue weighted by Gasteiger charge is 2.07. The van der Waals surface area contributed by atoms with Gasteiger partial charge in [-0.3, -0.25) is 9.59 Å². The summed E-state index contributed by atoms with van der Waals surface area (Å²) in [6.07, 6.45) is 13.3. The molecule has 0 saturated carbocycles. The van der Waals surface area contributed by atoms with E-state index in [1.54, 1.807) is 12.1 Å². The Morgan fingerprint density at radius 1 is 0.704 bits per heavy atom. The van der Waals surface area contributed by atoms with Gasteiger partial charge >= 0.3 is 11.9 Å². The summed E-state index contributed by atoms with van der Waals surface area (Å²) >= 11 is 0. The van der Waals surface area contributed by atoms with Crippen LogP contribution < -0.4 is 4.74 Å². The van der Waals surface area contributed by atoms with Crippen LogP contribution in [0.2, 0.25) is 0 Å². The molecule has 0 unspecified atom stereocenters. The first-order valence-electron chi connectivity index (χ1n) is 10.6. The second-order valence-corrected chi connectivity index (χ2v) is 7.04. The SMILES string of the molecule is CCCCCCCCCCCOC(=O)CCCCC(=O)Oc1ccccc1. The number of para-hydroxylation sites is 1. The number of carbonyl (C=O) groups excluding carboxylic acids is 2. The first kappa shape index (κ1) is 23.2. The van der Waals surface area contributed by atoms with Crippen molar-refractivity contribution in [1.82, 2.24) is 0 Å². The third-order valence-corrected chi connectivity index (χ3v) is 4.50. The second-order valence-electron chi connectivity index (χ2n) is 7.04. The molecule has 4 heteroatoms. The van der Waals surface area contributed by atoms with Crippen molar-refractivity contribution in [1.29, 1.82) is 0 Å².